The Hall–Kier alpha value is -0.150. The van der Waals surface area contributed by atoms with Crippen molar-refractivity contribution in [3.8, 4) is 0 Å². The summed E-state index contributed by atoms with van der Waals surface area (Å²) in [4.78, 5) is 2.19. The molecule has 1 heterocycles. The maximum Gasteiger partial charge on any atom is 0.114 e. The molecule has 1 N–H and O–H groups in total. The van der Waals surface area contributed by atoms with Gasteiger partial charge in [-0.3, -0.25) is 4.90 Å². The minimum atomic E-state index is -0.654. The van der Waals surface area contributed by atoms with E-state index in [0.717, 1.165) is 6.54 Å². The zero-order chi connectivity index (χ0) is 11.1. The lowest BCUT2D eigenvalue weighted by atomic mass is 10.0. The van der Waals surface area contributed by atoms with Crippen molar-refractivity contribution in [1.82, 2.24) is 10.2 Å². The van der Waals surface area contributed by atoms with Crippen molar-refractivity contribution in [3.63, 3.8) is 0 Å². The molecule has 1 aliphatic heterocycles. The number of nitrogens with zero attached hydrogens (tertiary/aromatic N) is 1. The first-order chi connectivity index (χ1) is 6.63. The average molecular weight is 204 g/mol. The maximum atomic E-state index is 13.1. The Morgan fingerprint density at radius 3 is 2.29 bits per heavy atom. The lowest BCUT2D eigenvalue weighted by Crippen LogP contribution is -2.51. The molecule has 0 radical (unpaired) electrons. The van der Waals surface area contributed by atoms with E-state index < -0.39 is 6.17 Å². The predicted molar refractivity (Wildman–Crippen MR) is 60.4 cm³/mol. The van der Waals surface area contributed by atoms with Crippen LogP contribution in [0.25, 0.3) is 0 Å². The highest BCUT2D eigenvalue weighted by Gasteiger charge is 2.27. The van der Waals surface area contributed by atoms with Crippen molar-refractivity contribution in [2.45, 2.75) is 52.4 Å². The largest absolute Gasteiger partial charge is 0.316 e. The molecule has 0 bridgehead atoms. The number of rotatable bonds is 2. The van der Waals surface area contributed by atoms with Crippen LogP contribution in [0.15, 0.2) is 0 Å². The zero-order valence-electron chi connectivity index (χ0n) is 10.2. The highest BCUT2D eigenvalue weighted by atomic mass is 19.1. The fraction of sp³-hybridized carbons (Fsp3) is 1.00. The van der Waals surface area contributed by atoms with Crippen LogP contribution >= 0.6 is 0 Å². The lowest BCUT2D eigenvalue weighted by molar-refractivity contribution is 0.0900. The van der Waals surface area contributed by atoms with E-state index in [0.29, 0.717) is 25.0 Å². The van der Waals surface area contributed by atoms with E-state index in [9.17, 15) is 4.39 Å². The summed E-state index contributed by atoms with van der Waals surface area (Å²) >= 11 is 0. The van der Waals surface area contributed by atoms with Crippen molar-refractivity contribution in [2.75, 3.05) is 20.1 Å². The third-order valence-corrected chi connectivity index (χ3v) is 2.57. The maximum absolute atomic E-state index is 13.1. The molecular formula is C11H25FN2. The van der Waals surface area contributed by atoms with Crippen LogP contribution in [0.1, 0.15) is 34.1 Å². The van der Waals surface area contributed by atoms with E-state index >= 15 is 0 Å². The minimum absolute atomic E-state index is 0.330. The second kappa shape index (κ2) is 7.18. The number of hydrogen-bond donors (Lipinski definition) is 1. The molecule has 2 nitrogen and oxygen atoms in total. The fourth-order valence-electron chi connectivity index (χ4n) is 1.70. The standard InChI is InChI=1S/C9H19FN2.C2H6/c1-7(2)12-5-8(10)4-9(6-12)11-3;1-2/h7-9,11H,4-6H2,1-3H3;1-2H3. The average Bonchev–Trinajstić information content (AvgIpc) is 2.20. The second-order valence-electron chi connectivity index (χ2n) is 3.87. The number of halogens is 1. The van der Waals surface area contributed by atoms with Crippen LogP contribution in [0.4, 0.5) is 4.39 Å². The Kier molecular flexibility index (Phi) is 7.11. The monoisotopic (exact) mass is 204 g/mol. The van der Waals surface area contributed by atoms with Gasteiger partial charge in [0.05, 0.1) is 0 Å². The van der Waals surface area contributed by atoms with Crippen LogP contribution in [0, 0.1) is 0 Å². The van der Waals surface area contributed by atoms with Crippen molar-refractivity contribution < 1.29 is 4.39 Å². The highest BCUT2D eigenvalue weighted by molar-refractivity contribution is 4.83. The van der Waals surface area contributed by atoms with Crippen LogP contribution < -0.4 is 5.32 Å². The molecule has 2 atom stereocenters. The Morgan fingerprint density at radius 2 is 1.86 bits per heavy atom. The first-order valence-electron chi connectivity index (χ1n) is 5.69. The Bertz CT molecular complexity index is 139. The van der Waals surface area contributed by atoms with Crippen LogP contribution in [-0.2, 0) is 0 Å². The number of likely N-dealkylation sites (N-methyl/N-ethyl adjacent to an activating group) is 1. The second-order valence-corrected chi connectivity index (χ2v) is 3.87. The van der Waals surface area contributed by atoms with E-state index in [1.165, 1.54) is 0 Å². The molecule has 2 unspecified atom stereocenters. The van der Waals surface area contributed by atoms with Gasteiger partial charge < -0.3 is 5.32 Å². The Morgan fingerprint density at radius 1 is 1.29 bits per heavy atom. The van der Waals surface area contributed by atoms with E-state index in [1.54, 1.807) is 0 Å². The number of piperidine rings is 1. The van der Waals surface area contributed by atoms with Gasteiger partial charge in [-0.2, -0.15) is 0 Å². The van der Waals surface area contributed by atoms with Crippen molar-refractivity contribution in [1.29, 1.82) is 0 Å². The molecule has 0 amide bonds. The molecule has 1 fully saturated rings. The third kappa shape index (κ3) is 4.38. The SMILES string of the molecule is CC.CNC1CC(F)CN(C(C)C)C1. The van der Waals surface area contributed by atoms with Gasteiger partial charge in [-0.05, 0) is 27.3 Å². The molecule has 0 aromatic rings. The first-order valence-corrected chi connectivity index (χ1v) is 5.69. The van der Waals surface area contributed by atoms with Gasteiger partial charge in [0.1, 0.15) is 6.17 Å². The zero-order valence-corrected chi connectivity index (χ0v) is 10.2. The van der Waals surface area contributed by atoms with Crippen molar-refractivity contribution in [2.24, 2.45) is 0 Å². The quantitative estimate of drug-likeness (QED) is 0.740. The van der Waals surface area contributed by atoms with Crippen LogP contribution in [0.3, 0.4) is 0 Å². The number of hydrogen-bond acceptors (Lipinski definition) is 2. The molecule has 0 saturated carbocycles. The molecule has 3 heteroatoms. The van der Waals surface area contributed by atoms with E-state index in [1.807, 2.05) is 20.9 Å². The van der Waals surface area contributed by atoms with Crippen LogP contribution in [0.2, 0.25) is 0 Å². The van der Waals surface area contributed by atoms with Gasteiger partial charge in [-0.25, -0.2) is 4.39 Å². The van der Waals surface area contributed by atoms with Crippen molar-refractivity contribution >= 4 is 0 Å². The Labute approximate surface area is 87.9 Å². The molecule has 0 aliphatic carbocycles. The van der Waals surface area contributed by atoms with E-state index in [2.05, 4.69) is 24.1 Å². The molecule has 1 aliphatic rings. The molecule has 86 valence electrons. The van der Waals surface area contributed by atoms with Gasteiger partial charge in [-0.1, -0.05) is 13.8 Å². The van der Waals surface area contributed by atoms with Crippen LogP contribution in [0.5, 0.6) is 0 Å². The molecule has 1 rings (SSSR count). The summed E-state index contributed by atoms with van der Waals surface area (Å²) in [6.07, 6.45) is 0.0123. The van der Waals surface area contributed by atoms with Gasteiger partial charge >= 0.3 is 0 Å². The molecule has 0 aromatic heterocycles. The lowest BCUT2D eigenvalue weighted by Gasteiger charge is -2.37. The Balaban J connectivity index is 0.000000791. The van der Waals surface area contributed by atoms with Gasteiger partial charge in [0.2, 0.25) is 0 Å². The molecule has 0 aromatic carbocycles. The summed E-state index contributed by atoms with van der Waals surface area (Å²) < 4.78 is 13.1. The highest BCUT2D eigenvalue weighted by Crippen LogP contribution is 2.15. The summed E-state index contributed by atoms with van der Waals surface area (Å²) in [5.41, 5.74) is 0. The summed E-state index contributed by atoms with van der Waals surface area (Å²) in [6.45, 7) is 9.82. The van der Waals surface area contributed by atoms with Gasteiger partial charge in [0, 0.05) is 25.2 Å². The number of nitrogens with one attached hydrogen (secondary N) is 1. The molecule has 0 spiro atoms. The normalized spacial score (nSPS) is 28.5. The fourth-order valence-corrected chi connectivity index (χ4v) is 1.70. The van der Waals surface area contributed by atoms with E-state index in [-0.39, 0.29) is 0 Å². The summed E-state index contributed by atoms with van der Waals surface area (Å²) in [7, 11) is 1.90. The van der Waals surface area contributed by atoms with Crippen molar-refractivity contribution in [3.05, 3.63) is 0 Å². The molecular weight excluding hydrogens is 179 g/mol. The van der Waals surface area contributed by atoms with E-state index in [4.69, 9.17) is 0 Å². The molecule has 1 saturated heterocycles. The first kappa shape index (κ1) is 13.8. The van der Waals surface area contributed by atoms with Crippen LogP contribution in [-0.4, -0.2) is 43.3 Å². The minimum Gasteiger partial charge on any atom is -0.316 e. The summed E-state index contributed by atoms with van der Waals surface area (Å²) in [5, 5.41) is 3.14. The molecule has 14 heavy (non-hydrogen) atoms. The number of likely N-dealkylation sites (tertiary alicyclic amines) is 1. The number of alkyl halides is 1. The van der Waals surface area contributed by atoms with Gasteiger partial charge in [0.25, 0.3) is 0 Å². The summed E-state index contributed by atoms with van der Waals surface area (Å²) in [5.74, 6) is 0. The third-order valence-electron chi connectivity index (χ3n) is 2.57. The van der Waals surface area contributed by atoms with Gasteiger partial charge in [-0.15, -0.1) is 0 Å². The predicted octanol–water partition coefficient (Wildman–Crippen LogP) is 2.05. The topological polar surface area (TPSA) is 15.3 Å². The summed E-state index contributed by atoms with van der Waals surface area (Å²) in [6, 6.07) is 0.788. The van der Waals surface area contributed by atoms with Gasteiger partial charge in [0.15, 0.2) is 0 Å². The smallest absolute Gasteiger partial charge is 0.114 e.